The van der Waals surface area contributed by atoms with Gasteiger partial charge in [0, 0.05) is 23.7 Å². The molecule has 2 aliphatic carbocycles. The van der Waals surface area contributed by atoms with E-state index in [2.05, 4.69) is 44.2 Å². The van der Waals surface area contributed by atoms with Crippen molar-refractivity contribution in [3.8, 4) is 5.82 Å². The highest BCUT2D eigenvalue weighted by Crippen LogP contribution is 2.43. The van der Waals surface area contributed by atoms with Crippen molar-refractivity contribution in [2.75, 3.05) is 5.32 Å². The van der Waals surface area contributed by atoms with Gasteiger partial charge in [-0.3, -0.25) is 4.79 Å². The number of nitrogens with one attached hydrogen (secondary N) is 1. The standard InChI is InChI=1S/C33H36N8O3/c1-4-18-40-31(42)25-19-34-32(37-28(25)41(40)27-7-5-6-26(36-27)33(2,3)43)35-24-16-14-21(15-17-24)20-8-10-22(11-9-20)29-38-39-30(44-29)23-12-13-23/h4-7,14-17,19-20,22-23,43H,1,8-13,18H2,2-3H3,(H,34,35,37). The van der Waals surface area contributed by atoms with Gasteiger partial charge in [0.2, 0.25) is 17.7 Å². The van der Waals surface area contributed by atoms with Gasteiger partial charge in [-0.25, -0.2) is 19.3 Å². The van der Waals surface area contributed by atoms with Crippen molar-refractivity contribution in [3.63, 3.8) is 0 Å². The second-order valence-corrected chi connectivity index (χ2v) is 12.4. The van der Waals surface area contributed by atoms with Crippen LogP contribution in [-0.4, -0.2) is 39.6 Å². The predicted octanol–water partition coefficient (Wildman–Crippen LogP) is 5.84. The van der Waals surface area contributed by atoms with Crippen LogP contribution in [-0.2, 0) is 12.1 Å². The molecule has 5 aromatic rings. The minimum absolute atomic E-state index is 0.247. The first-order chi connectivity index (χ1) is 21.3. The Kier molecular flexibility index (Phi) is 7.12. The lowest BCUT2D eigenvalue weighted by atomic mass is 9.78. The van der Waals surface area contributed by atoms with E-state index in [9.17, 15) is 9.90 Å². The normalized spacial score (nSPS) is 18.9. The molecule has 2 saturated carbocycles. The molecule has 44 heavy (non-hydrogen) atoms. The molecule has 11 heteroatoms. The number of fused-ring (bicyclic) bond motifs is 1. The first kappa shape index (κ1) is 28.1. The van der Waals surface area contributed by atoms with Gasteiger partial charge in [0.25, 0.3) is 5.56 Å². The molecule has 0 unspecified atom stereocenters. The van der Waals surface area contributed by atoms with Gasteiger partial charge in [-0.05, 0) is 88.1 Å². The Hall–Kier alpha value is -4.64. The maximum absolute atomic E-state index is 13.3. The molecule has 2 aliphatic rings. The number of hydrogen-bond acceptors (Lipinski definition) is 9. The van der Waals surface area contributed by atoms with E-state index in [1.165, 1.54) is 29.3 Å². The average Bonchev–Trinajstić information content (AvgIpc) is 3.70. The molecular weight excluding hydrogens is 556 g/mol. The third-order valence-corrected chi connectivity index (χ3v) is 8.65. The highest BCUT2D eigenvalue weighted by molar-refractivity contribution is 5.77. The van der Waals surface area contributed by atoms with Crippen LogP contribution < -0.4 is 10.9 Å². The molecule has 11 nitrogen and oxygen atoms in total. The van der Waals surface area contributed by atoms with Crippen LogP contribution in [0.2, 0.25) is 0 Å². The average molecular weight is 593 g/mol. The summed E-state index contributed by atoms with van der Waals surface area (Å²) in [5, 5.41) is 22.8. The van der Waals surface area contributed by atoms with Gasteiger partial charge in [-0.2, -0.15) is 4.98 Å². The highest BCUT2D eigenvalue weighted by Gasteiger charge is 2.32. The van der Waals surface area contributed by atoms with E-state index in [0.717, 1.165) is 43.2 Å². The van der Waals surface area contributed by atoms with Gasteiger partial charge in [-0.1, -0.05) is 24.3 Å². The van der Waals surface area contributed by atoms with Crippen molar-refractivity contribution < 1.29 is 9.52 Å². The number of pyridine rings is 1. The number of aromatic nitrogens is 7. The Morgan fingerprint density at radius 2 is 1.64 bits per heavy atom. The summed E-state index contributed by atoms with van der Waals surface area (Å²) in [7, 11) is 0. The summed E-state index contributed by atoms with van der Waals surface area (Å²) >= 11 is 0. The number of anilines is 2. The summed E-state index contributed by atoms with van der Waals surface area (Å²) in [5.41, 5.74) is 1.65. The lowest BCUT2D eigenvalue weighted by Gasteiger charge is -2.27. The number of allylic oxidation sites excluding steroid dienone is 1. The number of rotatable bonds is 9. The second kappa shape index (κ2) is 11.1. The molecule has 0 atom stereocenters. The van der Waals surface area contributed by atoms with Crippen molar-refractivity contribution in [2.45, 2.75) is 82.3 Å². The molecule has 0 aliphatic heterocycles. The topological polar surface area (TPSA) is 137 Å². The number of benzene rings is 1. The van der Waals surface area contributed by atoms with Gasteiger partial charge in [-0.15, -0.1) is 16.8 Å². The van der Waals surface area contributed by atoms with E-state index in [1.807, 2.05) is 12.1 Å². The van der Waals surface area contributed by atoms with Crippen LogP contribution in [0, 0.1) is 0 Å². The SMILES string of the molecule is C=CCn1c(=O)c2cnc(Nc3ccc(C4CCC(c5nnc(C6CC6)o5)CC4)cc3)nc2n1-c1cccc(C(C)(C)O)n1. The number of aliphatic hydroxyl groups is 1. The summed E-state index contributed by atoms with van der Waals surface area (Å²) in [6.07, 6.45) is 9.78. The van der Waals surface area contributed by atoms with Gasteiger partial charge in [0.1, 0.15) is 11.0 Å². The third kappa shape index (κ3) is 5.43. The van der Waals surface area contributed by atoms with Crippen molar-refractivity contribution in [1.29, 1.82) is 0 Å². The Labute approximate surface area is 254 Å². The molecule has 0 bridgehead atoms. The molecule has 2 N–H and O–H groups in total. The zero-order valence-corrected chi connectivity index (χ0v) is 25.0. The Morgan fingerprint density at radius 3 is 2.27 bits per heavy atom. The summed E-state index contributed by atoms with van der Waals surface area (Å²) in [5.74, 6) is 3.79. The third-order valence-electron chi connectivity index (χ3n) is 8.65. The Balaban J connectivity index is 1.09. The van der Waals surface area contributed by atoms with E-state index < -0.39 is 5.60 Å². The Bertz CT molecular complexity index is 1870. The molecular formula is C33H36N8O3. The smallest absolute Gasteiger partial charge is 0.278 e. The fourth-order valence-electron chi connectivity index (χ4n) is 6.04. The van der Waals surface area contributed by atoms with Crippen LogP contribution in [0.4, 0.5) is 11.6 Å². The van der Waals surface area contributed by atoms with Crippen LogP contribution in [0.25, 0.3) is 16.9 Å². The van der Waals surface area contributed by atoms with Crippen LogP contribution in [0.5, 0.6) is 0 Å². The van der Waals surface area contributed by atoms with Crippen molar-refractivity contribution in [3.05, 3.63) is 94.7 Å². The molecule has 0 radical (unpaired) electrons. The largest absolute Gasteiger partial charge is 0.425 e. The quantitative estimate of drug-likeness (QED) is 0.202. The van der Waals surface area contributed by atoms with Crippen LogP contribution in [0.15, 0.2) is 70.5 Å². The lowest BCUT2D eigenvalue weighted by Crippen LogP contribution is -2.23. The van der Waals surface area contributed by atoms with E-state index in [0.29, 0.717) is 46.2 Å². The lowest BCUT2D eigenvalue weighted by molar-refractivity contribution is 0.0738. The van der Waals surface area contributed by atoms with Crippen molar-refractivity contribution in [2.24, 2.45) is 0 Å². The zero-order valence-electron chi connectivity index (χ0n) is 25.0. The molecule has 0 spiro atoms. The van der Waals surface area contributed by atoms with E-state index in [4.69, 9.17) is 9.40 Å². The molecule has 4 aromatic heterocycles. The van der Waals surface area contributed by atoms with E-state index in [1.54, 1.807) is 42.8 Å². The molecule has 4 heterocycles. The van der Waals surface area contributed by atoms with Crippen LogP contribution in [0.3, 0.4) is 0 Å². The molecule has 7 rings (SSSR count). The van der Waals surface area contributed by atoms with E-state index in [-0.39, 0.29) is 12.1 Å². The van der Waals surface area contributed by atoms with Crippen molar-refractivity contribution in [1.82, 2.24) is 34.5 Å². The fraction of sp³-hybridized carbons (Fsp3) is 0.394. The van der Waals surface area contributed by atoms with Gasteiger partial charge in [0.15, 0.2) is 11.5 Å². The van der Waals surface area contributed by atoms with Crippen LogP contribution >= 0.6 is 0 Å². The van der Waals surface area contributed by atoms with Gasteiger partial charge in [0.05, 0.1) is 12.2 Å². The molecule has 1 aromatic carbocycles. The van der Waals surface area contributed by atoms with Gasteiger partial charge >= 0.3 is 0 Å². The molecule has 0 amide bonds. The maximum Gasteiger partial charge on any atom is 0.278 e. The highest BCUT2D eigenvalue weighted by atomic mass is 16.4. The van der Waals surface area contributed by atoms with Gasteiger partial charge < -0.3 is 14.8 Å². The number of hydrogen-bond donors (Lipinski definition) is 2. The Morgan fingerprint density at radius 1 is 0.977 bits per heavy atom. The minimum Gasteiger partial charge on any atom is -0.425 e. The maximum atomic E-state index is 13.3. The molecule has 226 valence electrons. The fourth-order valence-corrected chi connectivity index (χ4v) is 6.04. The summed E-state index contributed by atoms with van der Waals surface area (Å²) in [6.45, 7) is 7.41. The van der Waals surface area contributed by atoms with Crippen LogP contribution in [0.1, 0.15) is 93.2 Å². The summed E-state index contributed by atoms with van der Waals surface area (Å²) in [6, 6.07) is 13.7. The number of nitrogens with zero attached hydrogens (tertiary/aromatic N) is 7. The predicted molar refractivity (Wildman–Crippen MR) is 166 cm³/mol. The minimum atomic E-state index is -1.15. The van der Waals surface area contributed by atoms with E-state index >= 15 is 0 Å². The first-order valence-corrected chi connectivity index (χ1v) is 15.3. The summed E-state index contributed by atoms with van der Waals surface area (Å²) < 4.78 is 9.15. The summed E-state index contributed by atoms with van der Waals surface area (Å²) in [4.78, 5) is 27.1. The first-order valence-electron chi connectivity index (χ1n) is 15.3. The molecule has 0 saturated heterocycles. The van der Waals surface area contributed by atoms with Crippen molar-refractivity contribution >= 4 is 22.7 Å². The monoisotopic (exact) mass is 592 g/mol. The zero-order chi connectivity index (χ0) is 30.4. The second-order valence-electron chi connectivity index (χ2n) is 12.4. The molecule has 2 fully saturated rings.